The summed E-state index contributed by atoms with van der Waals surface area (Å²) in [7, 11) is 0. The number of aromatic nitrogens is 1. The molecule has 16 heavy (non-hydrogen) atoms. The Balaban J connectivity index is 1.57. The lowest BCUT2D eigenvalue weighted by atomic mass is 10.1. The topological polar surface area (TPSA) is 37.0 Å². The van der Waals surface area contributed by atoms with Gasteiger partial charge in [0.15, 0.2) is 0 Å². The normalized spacial score (nSPS) is 22.4. The Morgan fingerprint density at radius 3 is 3.31 bits per heavy atom. The van der Waals surface area contributed by atoms with Crippen molar-refractivity contribution in [3.8, 4) is 0 Å². The number of rotatable bonds is 6. The lowest BCUT2D eigenvalue weighted by molar-refractivity contribution is 0.512. The fourth-order valence-electron chi connectivity index (χ4n) is 2.16. The summed E-state index contributed by atoms with van der Waals surface area (Å²) in [6, 6.07) is 0.752. The third kappa shape index (κ3) is 3.54. The second-order valence-corrected chi connectivity index (χ2v) is 5.48. The van der Waals surface area contributed by atoms with Crippen molar-refractivity contribution in [3.05, 3.63) is 16.6 Å². The van der Waals surface area contributed by atoms with Gasteiger partial charge >= 0.3 is 0 Å². The smallest absolute Gasteiger partial charge is 0.0965 e. The molecule has 1 fully saturated rings. The van der Waals surface area contributed by atoms with Crippen molar-refractivity contribution in [3.63, 3.8) is 0 Å². The van der Waals surface area contributed by atoms with E-state index >= 15 is 0 Å². The highest BCUT2D eigenvalue weighted by Crippen LogP contribution is 2.16. The molecule has 2 N–H and O–H groups in total. The van der Waals surface area contributed by atoms with Gasteiger partial charge in [-0.25, -0.2) is 4.98 Å². The van der Waals surface area contributed by atoms with Crippen LogP contribution in [0.2, 0.25) is 0 Å². The zero-order chi connectivity index (χ0) is 11.2. The fourth-order valence-corrected chi connectivity index (χ4v) is 2.86. The molecule has 0 aromatic carbocycles. The molecule has 0 aliphatic carbocycles. The van der Waals surface area contributed by atoms with Gasteiger partial charge in [0.05, 0.1) is 5.01 Å². The molecular weight excluding hydrogens is 218 g/mol. The van der Waals surface area contributed by atoms with Gasteiger partial charge in [-0.05, 0) is 32.4 Å². The van der Waals surface area contributed by atoms with Gasteiger partial charge in [0.2, 0.25) is 0 Å². The molecule has 2 heterocycles. The highest BCUT2D eigenvalue weighted by molar-refractivity contribution is 7.09. The van der Waals surface area contributed by atoms with Gasteiger partial charge in [-0.15, -0.1) is 11.3 Å². The van der Waals surface area contributed by atoms with E-state index in [2.05, 4.69) is 22.5 Å². The molecule has 2 unspecified atom stereocenters. The van der Waals surface area contributed by atoms with Crippen molar-refractivity contribution in [2.24, 2.45) is 0 Å². The van der Waals surface area contributed by atoms with Crippen molar-refractivity contribution in [2.45, 2.75) is 38.1 Å². The molecule has 4 heteroatoms. The second-order valence-electron chi connectivity index (χ2n) is 4.56. The summed E-state index contributed by atoms with van der Waals surface area (Å²) in [6.45, 7) is 5.60. The van der Waals surface area contributed by atoms with Gasteiger partial charge in [-0.2, -0.15) is 0 Å². The quantitative estimate of drug-likeness (QED) is 0.745. The summed E-state index contributed by atoms with van der Waals surface area (Å²) < 4.78 is 0. The predicted molar refractivity (Wildman–Crippen MR) is 69.0 cm³/mol. The number of nitrogens with one attached hydrogen (secondary N) is 2. The lowest BCUT2D eigenvalue weighted by Gasteiger charge is -2.13. The summed E-state index contributed by atoms with van der Waals surface area (Å²) in [5, 5.41) is 10.3. The fraction of sp³-hybridized carbons (Fsp3) is 0.750. The van der Waals surface area contributed by atoms with Crippen molar-refractivity contribution in [2.75, 3.05) is 19.6 Å². The van der Waals surface area contributed by atoms with Gasteiger partial charge in [0.1, 0.15) is 0 Å². The number of thiazole rings is 1. The van der Waals surface area contributed by atoms with Crippen LogP contribution >= 0.6 is 11.3 Å². The lowest BCUT2D eigenvalue weighted by Crippen LogP contribution is -2.28. The number of nitrogens with zero attached hydrogens (tertiary/aromatic N) is 1. The minimum atomic E-state index is 0.538. The van der Waals surface area contributed by atoms with Crippen LogP contribution in [0.1, 0.15) is 37.1 Å². The van der Waals surface area contributed by atoms with E-state index < -0.39 is 0 Å². The van der Waals surface area contributed by atoms with Crippen LogP contribution in [0.25, 0.3) is 0 Å². The molecular formula is C12H21N3S. The summed E-state index contributed by atoms with van der Waals surface area (Å²) >= 11 is 1.75. The third-order valence-corrected chi connectivity index (χ3v) is 4.16. The van der Waals surface area contributed by atoms with Crippen molar-refractivity contribution >= 4 is 11.3 Å². The molecule has 1 aromatic heterocycles. The molecule has 0 amide bonds. The van der Waals surface area contributed by atoms with E-state index in [0.29, 0.717) is 5.92 Å². The minimum absolute atomic E-state index is 0.538. The average Bonchev–Trinajstić information content (AvgIpc) is 2.96. The maximum Gasteiger partial charge on any atom is 0.0965 e. The molecule has 1 aliphatic heterocycles. The molecule has 3 nitrogen and oxygen atoms in total. The zero-order valence-electron chi connectivity index (χ0n) is 9.91. The van der Waals surface area contributed by atoms with Crippen LogP contribution in [0, 0.1) is 0 Å². The van der Waals surface area contributed by atoms with Crippen LogP contribution in [-0.2, 0) is 0 Å². The number of hydrogen-bond donors (Lipinski definition) is 2. The molecule has 1 aliphatic rings. The molecule has 0 radical (unpaired) electrons. The third-order valence-electron chi connectivity index (χ3n) is 3.16. The van der Waals surface area contributed by atoms with Crippen LogP contribution in [0.5, 0.6) is 0 Å². The van der Waals surface area contributed by atoms with Crippen LogP contribution in [0.4, 0.5) is 0 Å². The van der Waals surface area contributed by atoms with Crippen molar-refractivity contribution < 1.29 is 0 Å². The number of hydrogen-bond acceptors (Lipinski definition) is 4. The highest BCUT2D eigenvalue weighted by Gasteiger charge is 2.13. The Bertz CT molecular complexity index is 280. The summed E-state index contributed by atoms with van der Waals surface area (Å²) in [6.07, 6.45) is 5.84. The first-order valence-corrected chi connectivity index (χ1v) is 7.07. The van der Waals surface area contributed by atoms with Crippen LogP contribution in [-0.4, -0.2) is 30.7 Å². The van der Waals surface area contributed by atoms with E-state index in [-0.39, 0.29) is 0 Å². The Kier molecular flexibility index (Phi) is 4.75. The standard InChI is InChI=1S/C12H21N3S/c1-10(12-15-7-8-16-12)9-13-6-4-11-3-2-5-14-11/h7-8,10-11,13-14H,2-6,9H2,1H3. The van der Waals surface area contributed by atoms with Gasteiger partial charge in [-0.3, -0.25) is 0 Å². The summed E-state index contributed by atoms with van der Waals surface area (Å²) in [5.41, 5.74) is 0. The molecule has 0 spiro atoms. The first-order valence-electron chi connectivity index (χ1n) is 6.20. The second kappa shape index (κ2) is 6.33. The highest BCUT2D eigenvalue weighted by atomic mass is 32.1. The Morgan fingerprint density at radius 1 is 1.69 bits per heavy atom. The minimum Gasteiger partial charge on any atom is -0.316 e. The van der Waals surface area contributed by atoms with Gasteiger partial charge in [0, 0.05) is 30.1 Å². The maximum atomic E-state index is 4.34. The van der Waals surface area contributed by atoms with E-state index in [1.54, 1.807) is 11.3 Å². The Hall–Kier alpha value is -0.450. The molecule has 0 bridgehead atoms. The Labute approximate surface area is 102 Å². The largest absolute Gasteiger partial charge is 0.316 e. The van der Waals surface area contributed by atoms with Crippen molar-refractivity contribution in [1.29, 1.82) is 0 Å². The SMILES string of the molecule is CC(CNCCC1CCCN1)c1nccs1. The van der Waals surface area contributed by atoms with E-state index in [4.69, 9.17) is 0 Å². The zero-order valence-corrected chi connectivity index (χ0v) is 10.7. The Morgan fingerprint density at radius 2 is 2.62 bits per heavy atom. The first-order chi connectivity index (χ1) is 7.86. The van der Waals surface area contributed by atoms with E-state index in [9.17, 15) is 0 Å². The van der Waals surface area contributed by atoms with Crippen LogP contribution in [0.3, 0.4) is 0 Å². The molecule has 0 saturated carbocycles. The molecule has 90 valence electrons. The predicted octanol–water partition coefficient (Wildman–Crippen LogP) is 1.98. The van der Waals surface area contributed by atoms with E-state index in [0.717, 1.165) is 19.1 Å². The van der Waals surface area contributed by atoms with E-state index in [1.807, 2.05) is 11.6 Å². The summed E-state index contributed by atoms with van der Waals surface area (Å²) in [5.74, 6) is 0.538. The molecule has 1 saturated heterocycles. The molecule has 1 aromatic rings. The van der Waals surface area contributed by atoms with Gasteiger partial charge in [-0.1, -0.05) is 6.92 Å². The first kappa shape index (κ1) is 12.0. The van der Waals surface area contributed by atoms with Crippen LogP contribution in [0.15, 0.2) is 11.6 Å². The van der Waals surface area contributed by atoms with Crippen molar-refractivity contribution in [1.82, 2.24) is 15.6 Å². The molecule has 2 rings (SSSR count). The molecule has 2 atom stereocenters. The maximum absolute atomic E-state index is 4.34. The van der Waals surface area contributed by atoms with Gasteiger partial charge in [0.25, 0.3) is 0 Å². The van der Waals surface area contributed by atoms with E-state index in [1.165, 1.54) is 30.8 Å². The average molecular weight is 239 g/mol. The monoisotopic (exact) mass is 239 g/mol. The van der Waals surface area contributed by atoms with Crippen LogP contribution < -0.4 is 10.6 Å². The summed E-state index contributed by atoms with van der Waals surface area (Å²) in [4.78, 5) is 4.34. The van der Waals surface area contributed by atoms with Gasteiger partial charge < -0.3 is 10.6 Å².